The number of anilines is 2. The first kappa shape index (κ1) is 32.3. The van der Waals surface area contributed by atoms with E-state index in [1.54, 1.807) is 4.68 Å². The molecule has 2 heterocycles. The molecule has 2 amide bonds. The van der Waals surface area contributed by atoms with Crippen LogP contribution < -0.4 is 16.0 Å². The molecule has 0 bridgehead atoms. The van der Waals surface area contributed by atoms with Crippen molar-refractivity contribution in [3.63, 3.8) is 0 Å². The third-order valence-corrected chi connectivity index (χ3v) is 8.16. The molecule has 4 aromatic rings. The van der Waals surface area contributed by atoms with Gasteiger partial charge in [0.05, 0.1) is 18.1 Å². The number of aromatic nitrogens is 4. The summed E-state index contributed by atoms with van der Waals surface area (Å²) in [6.07, 6.45) is 9.73. The molecule has 0 saturated heterocycles. The Bertz CT molecular complexity index is 1680. The number of nitriles is 1. The predicted octanol–water partition coefficient (Wildman–Crippen LogP) is 5.48. The van der Waals surface area contributed by atoms with Crippen LogP contribution in [0.3, 0.4) is 0 Å². The molecule has 1 saturated carbocycles. The SMILES string of the molecule is CCCC1/C(=[N+](/C(=O)NCc2ccccc2)c2ccc(-c3cnn(C)c3)cc2)C1CCCNc1ncc(C#N)c(NCCCO)n1. The highest BCUT2D eigenvalue weighted by Gasteiger charge is 2.51. The summed E-state index contributed by atoms with van der Waals surface area (Å²) in [7, 11) is 1.90. The van der Waals surface area contributed by atoms with Crippen LogP contribution in [0.15, 0.2) is 73.2 Å². The average molecular weight is 621 g/mol. The summed E-state index contributed by atoms with van der Waals surface area (Å²) in [6, 6.07) is 20.1. The standard InChI is InChI=1S/C35H41N9O2/c1-3-9-30-31(12-7-17-38-34-39-22-27(20-36)33(42-34)37-18-8-19-45)32(30)44(35(46)40-21-25-10-5-4-6-11-25)29-15-13-26(14-16-29)28-23-41-43(2)24-28/h4-6,10-11,13-16,22-24,30-31,45H,3,7-9,12,17-19,21H2,1-2H3,(H2-,37,38,39,40,42,46)/p+1/b44-32-. The number of aliphatic hydroxyl groups is 1. The van der Waals surface area contributed by atoms with Crippen molar-refractivity contribution in [2.75, 3.05) is 30.3 Å². The number of carbonyl (C=O) groups is 1. The molecule has 11 nitrogen and oxygen atoms in total. The Balaban J connectivity index is 1.31. The third kappa shape index (κ3) is 8.14. The first-order valence-electron chi connectivity index (χ1n) is 16.0. The fraction of sp³-hybridized carbons (Fsp3) is 0.371. The molecule has 4 N–H and O–H groups in total. The Morgan fingerprint density at radius 2 is 1.76 bits per heavy atom. The van der Waals surface area contributed by atoms with E-state index in [4.69, 9.17) is 5.11 Å². The van der Waals surface area contributed by atoms with E-state index in [1.807, 2.05) is 78.6 Å². The maximum atomic E-state index is 13.9. The molecular formula is C35H42N9O2+. The van der Waals surface area contributed by atoms with Crippen LogP contribution in [-0.4, -0.2) is 60.9 Å². The average Bonchev–Trinajstić information content (AvgIpc) is 3.54. The van der Waals surface area contributed by atoms with E-state index in [0.717, 1.165) is 53.8 Å². The van der Waals surface area contributed by atoms with E-state index < -0.39 is 0 Å². The van der Waals surface area contributed by atoms with E-state index >= 15 is 0 Å². The molecule has 0 radical (unpaired) electrons. The number of nitrogens with one attached hydrogen (secondary N) is 3. The van der Waals surface area contributed by atoms with E-state index in [9.17, 15) is 10.1 Å². The monoisotopic (exact) mass is 620 g/mol. The van der Waals surface area contributed by atoms with Crippen molar-refractivity contribution in [2.45, 2.75) is 45.6 Å². The first-order valence-corrected chi connectivity index (χ1v) is 16.0. The number of aliphatic hydroxyl groups excluding tert-OH is 1. The summed E-state index contributed by atoms with van der Waals surface area (Å²) >= 11 is 0. The normalized spacial score (nSPS) is 16.4. The summed E-state index contributed by atoms with van der Waals surface area (Å²) in [5.41, 5.74) is 5.50. The number of hydrogen-bond donors (Lipinski definition) is 4. The van der Waals surface area contributed by atoms with Gasteiger partial charge in [-0.15, -0.1) is 0 Å². The smallest absolute Gasteiger partial charge is 0.396 e. The van der Waals surface area contributed by atoms with Gasteiger partial charge >= 0.3 is 6.03 Å². The van der Waals surface area contributed by atoms with Gasteiger partial charge in [-0.05, 0) is 48.9 Å². The Kier molecular flexibility index (Phi) is 11.1. The molecule has 0 aliphatic heterocycles. The Morgan fingerprint density at radius 1 is 1.00 bits per heavy atom. The fourth-order valence-corrected chi connectivity index (χ4v) is 5.80. The lowest BCUT2D eigenvalue weighted by Crippen LogP contribution is -2.32. The highest BCUT2D eigenvalue weighted by atomic mass is 16.3. The van der Waals surface area contributed by atoms with E-state index in [0.29, 0.717) is 55.2 Å². The highest BCUT2D eigenvalue weighted by molar-refractivity contribution is 6.03. The lowest BCUT2D eigenvalue weighted by molar-refractivity contribution is -0.333. The summed E-state index contributed by atoms with van der Waals surface area (Å²) in [5.74, 6) is 1.53. The second-order valence-electron chi connectivity index (χ2n) is 11.5. The number of rotatable bonds is 15. The van der Waals surface area contributed by atoms with Crippen molar-refractivity contribution in [3.8, 4) is 17.2 Å². The number of amides is 2. The van der Waals surface area contributed by atoms with Gasteiger partial charge in [0.15, 0.2) is 0 Å². The molecular weight excluding hydrogens is 578 g/mol. The predicted molar refractivity (Wildman–Crippen MR) is 179 cm³/mol. The van der Waals surface area contributed by atoms with Gasteiger partial charge in [-0.25, -0.2) is 10.3 Å². The van der Waals surface area contributed by atoms with Crippen LogP contribution in [0.4, 0.5) is 22.2 Å². The third-order valence-electron chi connectivity index (χ3n) is 8.16. The Hall–Kier alpha value is -5.08. The molecule has 2 aromatic carbocycles. The van der Waals surface area contributed by atoms with Gasteiger partial charge in [0, 0.05) is 50.3 Å². The number of benzene rings is 2. The maximum absolute atomic E-state index is 13.9. The van der Waals surface area contributed by atoms with Crippen molar-refractivity contribution in [2.24, 2.45) is 18.9 Å². The largest absolute Gasteiger partial charge is 0.496 e. The lowest BCUT2D eigenvalue weighted by Gasteiger charge is -2.09. The van der Waals surface area contributed by atoms with Crippen LogP contribution >= 0.6 is 0 Å². The molecule has 2 aromatic heterocycles. The van der Waals surface area contributed by atoms with Crippen molar-refractivity contribution < 1.29 is 14.5 Å². The highest BCUT2D eigenvalue weighted by Crippen LogP contribution is 2.43. The zero-order valence-electron chi connectivity index (χ0n) is 26.5. The van der Waals surface area contributed by atoms with Gasteiger partial charge in [-0.3, -0.25) is 4.68 Å². The molecule has 0 spiro atoms. The van der Waals surface area contributed by atoms with E-state index in [1.165, 1.54) is 6.20 Å². The van der Waals surface area contributed by atoms with Gasteiger partial charge in [0.2, 0.25) is 5.95 Å². The number of urea groups is 1. The van der Waals surface area contributed by atoms with Crippen molar-refractivity contribution in [3.05, 3.63) is 84.3 Å². The van der Waals surface area contributed by atoms with Crippen molar-refractivity contribution in [1.82, 2.24) is 25.1 Å². The Labute approximate surface area is 270 Å². The summed E-state index contributed by atoms with van der Waals surface area (Å²) in [5, 5.41) is 32.3. The molecule has 11 heteroatoms. The topological polar surface area (TPSA) is 144 Å². The van der Waals surface area contributed by atoms with Crippen LogP contribution in [0.5, 0.6) is 0 Å². The quantitative estimate of drug-likeness (QED) is 0.101. The zero-order chi connectivity index (χ0) is 32.3. The minimum atomic E-state index is -0.123. The summed E-state index contributed by atoms with van der Waals surface area (Å²) in [4.78, 5) is 22.6. The van der Waals surface area contributed by atoms with Gasteiger partial charge in [-0.1, -0.05) is 55.8 Å². The summed E-state index contributed by atoms with van der Waals surface area (Å²) < 4.78 is 3.67. The number of hydrogen-bond acceptors (Lipinski definition) is 8. The van der Waals surface area contributed by atoms with Crippen molar-refractivity contribution in [1.29, 1.82) is 5.26 Å². The minimum absolute atomic E-state index is 0.0626. The van der Waals surface area contributed by atoms with Crippen LogP contribution in [0.25, 0.3) is 11.1 Å². The lowest BCUT2D eigenvalue weighted by atomic mass is 10.1. The van der Waals surface area contributed by atoms with Crippen LogP contribution in [0, 0.1) is 23.2 Å². The van der Waals surface area contributed by atoms with E-state index in [-0.39, 0.29) is 12.6 Å². The Morgan fingerprint density at radius 3 is 2.46 bits per heavy atom. The molecule has 5 rings (SSSR count). The first-order chi connectivity index (χ1) is 22.5. The number of aryl methyl sites for hydroxylation is 1. The van der Waals surface area contributed by atoms with Crippen molar-refractivity contribution >= 4 is 29.2 Å². The van der Waals surface area contributed by atoms with Gasteiger partial charge < -0.3 is 15.7 Å². The molecule has 1 fully saturated rings. The second-order valence-corrected chi connectivity index (χ2v) is 11.5. The maximum Gasteiger partial charge on any atom is 0.496 e. The van der Waals surface area contributed by atoms with Crippen LogP contribution in [0.2, 0.25) is 0 Å². The second kappa shape index (κ2) is 15.8. The summed E-state index contributed by atoms with van der Waals surface area (Å²) in [6.45, 7) is 3.87. The van der Waals surface area contributed by atoms with Crippen LogP contribution in [0.1, 0.15) is 50.2 Å². The van der Waals surface area contributed by atoms with Gasteiger partial charge in [0.1, 0.15) is 29.7 Å². The molecule has 1 aliphatic rings. The van der Waals surface area contributed by atoms with Gasteiger partial charge in [-0.2, -0.15) is 24.7 Å². The molecule has 2 unspecified atom stereocenters. The fourth-order valence-electron chi connectivity index (χ4n) is 5.80. The minimum Gasteiger partial charge on any atom is -0.396 e. The number of carbonyl (C=O) groups excluding carboxylic acids is 1. The number of nitrogens with zero attached hydrogens (tertiary/aromatic N) is 6. The molecule has 1 aliphatic carbocycles. The zero-order valence-corrected chi connectivity index (χ0v) is 26.5. The van der Waals surface area contributed by atoms with E-state index in [2.05, 4.69) is 44.0 Å². The molecule has 238 valence electrons. The molecule has 2 atom stereocenters. The molecule has 46 heavy (non-hydrogen) atoms. The van der Waals surface area contributed by atoms with Crippen LogP contribution in [-0.2, 0) is 13.6 Å². The van der Waals surface area contributed by atoms with Gasteiger partial charge in [0.25, 0.3) is 0 Å².